The van der Waals surface area contributed by atoms with Gasteiger partial charge in [-0.05, 0) is 37.8 Å². The van der Waals surface area contributed by atoms with Crippen LogP contribution in [0.1, 0.15) is 31.1 Å². The standard InChI is InChI=1S/C15H20N4O4S3/c1-5-24-15-18-17-14(25-15)19-26(21,22)10-6-7-12(23-4)11(8-10)13(20)16-9(2)3/h6-9H,5H2,1-4H3,(H,16,20)(H,17,19). The van der Waals surface area contributed by atoms with Gasteiger partial charge in [-0.15, -0.1) is 10.2 Å². The van der Waals surface area contributed by atoms with Crippen molar-refractivity contribution in [3.63, 3.8) is 0 Å². The molecule has 0 aliphatic rings. The number of carbonyl (C=O) groups is 1. The Kier molecular flexibility index (Phi) is 6.84. The van der Waals surface area contributed by atoms with E-state index in [9.17, 15) is 13.2 Å². The van der Waals surface area contributed by atoms with Crippen molar-refractivity contribution in [1.82, 2.24) is 15.5 Å². The number of methoxy groups -OCH3 is 1. The third kappa shape index (κ3) is 5.08. The third-order valence-electron chi connectivity index (χ3n) is 3.04. The highest BCUT2D eigenvalue weighted by atomic mass is 32.2. The normalized spacial score (nSPS) is 11.4. The van der Waals surface area contributed by atoms with E-state index in [-0.39, 0.29) is 21.6 Å². The van der Waals surface area contributed by atoms with E-state index >= 15 is 0 Å². The molecule has 1 aromatic carbocycles. The highest BCUT2D eigenvalue weighted by Gasteiger charge is 2.21. The molecule has 1 aromatic heterocycles. The van der Waals surface area contributed by atoms with Gasteiger partial charge in [-0.1, -0.05) is 30.0 Å². The lowest BCUT2D eigenvalue weighted by atomic mass is 10.2. The summed E-state index contributed by atoms with van der Waals surface area (Å²) in [5, 5.41) is 10.6. The minimum atomic E-state index is -3.91. The predicted octanol–water partition coefficient (Wildman–Crippen LogP) is 2.60. The Labute approximate surface area is 160 Å². The summed E-state index contributed by atoms with van der Waals surface area (Å²) in [4.78, 5) is 12.3. The van der Waals surface area contributed by atoms with Crippen LogP contribution in [0.4, 0.5) is 5.13 Å². The Morgan fingerprint density at radius 3 is 2.69 bits per heavy atom. The Morgan fingerprint density at radius 1 is 1.35 bits per heavy atom. The van der Waals surface area contributed by atoms with Gasteiger partial charge in [0.25, 0.3) is 15.9 Å². The van der Waals surface area contributed by atoms with E-state index in [1.807, 2.05) is 20.8 Å². The summed E-state index contributed by atoms with van der Waals surface area (Å²) in [7, 11) is -2.49. The molecule has 0 fully saturated rings. The number of sulfonamides is 1. The summed E-state index contributed by atoms with van der Waals surface area (Å²) >= 11 is 2.63. The van der Waals surface area contributed by atoms with Crippen molar-refractivity contribution in [3.8, 4) is 5.75 Å². The van der Waals surface area contributed by atoms with Crippen molar-refractivity contribution in [2.75, 3.05) is 17.6 Å². The van der Waals surface area contributed by atoms with Gasteiger partial charge < -0.3 is 10.1 Å². The van der Waals surface area contributed by atoms with Crippen LogP contribution >= 0.6 is 23.1 Å². The van der Waals surface area contributed by atoms with Crippen molar-refractivity contribution in [2.45, 2.75) is 36.0 Å². The Hall–Kier alpha value is -1.85. The lowest BCUT2D eigenvalue weighted by Gasteiger charge is -2.13. The average molecular weight is 417 g/mol. The minimum Gasteiger partial charge on any atom is -0.496 e. The lowest BCUT2D eigenvalue weighted by molar-refractivity contribution is 0.0940. The van der Waals surface area contributed by atoms with Gasteiger partial charge in [0.2, 0.25) is 5.13 Å². The van der Waals surface area contributed by atoms with Crippen molar-refractivity contribution in [1.29, 1.82) is 0 Å². The molecule has 0 atom stereocenters. The number of carbonyl (C=O) groups excluding carboxylic acids is 1. The zero-order valence-electron chi connectivity index (χ0n) is 14.8. The van der Waals surface area contributed by atoms with Gasteiger partial charge in [-0.25, -0.2) is 8.42 Å². The van der Waals surface area contributed by atoms with Crippen LogP contribution in [0.3, 0.4) is 0 Å². The number of nitrogens with one attached hydrogen (secondary N) is 2. The Balaban J connectivity index is 2.31. The summed E-state index contributed by atoms with van der Waals surface area (Å²) in [6, 6.07) is 4.00. The van der Waals surface area contributed by atoms with Gasteiger partial charge >= 0.3 is 0 Å². The van der Waals surface area contributed by atoms with Gasteiger partial charge in [0.05, 0.1) is 17.6 Å². The number of benzene rings is 1. The van der Waals surface area contributed by atoms with Gasteiger partial charge in [0.15, 0.2) is 4.34 Å². The number of hydrogen-bond donors (Lipinski definition) is 2. The molecule has 0 saturated heterocycles. The number of aromatic nitrogens is 2. The van der Waals surface area contributed by atoms with E-state index in [0.29, 0.717) is 10.1 Å². The summed E-state index contributed by atoms with van der Waals surface area (Å²) in [5.74, 6) is 0.694. The fraction of sp³-hybridized carbons (Fsp3) is 0.400. The number of ether oxygens (including phenoxy) is 1. The molecule has 1 amide bonds. The second-order valence-corrected chi connectivity index (χ2v) is 9.57. The number of thioether (sulfide) groups is 1. The SMILES string of the molecule is CCSc1nnc(NS(=O)(=O)c2ccc(OC)c(C(=O)NC(C)C)c2)s1. The van der Waals surface area contributed by atoms with Crippen LogP contribution in [0.2, 0.25) is 0 Å². The predicted molar refractivity (Wildman–Crippen MR) is 103 cm³/mol. The van der Waals surface area contributed by atoms with Gasteiger partial charge in [0.1, 0.15) is 5.75 Å². The van der Waals surface area contributed by atoms with Crippen LogP contribution in [0, 0.1) is 0 Å². The van der Waals surface area contributed by atoms with E-state index in [4.69, 9.17) is 4.74 Å². The molecule has 1 heterocycles. The highest BCUT2D eigenvalue weighted by Crippen LogP contribution is 2.28. The lowest BCUT2D eigenvalue weighted by Crippen LogP contribution is -2.30. The van der Waals surface area contributed by atoms with Crippen molar-refractivity contribution in [3.05, 3.63) is 23.8 Å². The fourth-order valence-corrected chi connectivity index (χ4v) is 4.88. The molecule has 0 aliphatic heterocycles. The number of hydrogen-bond acceptors (Lipinski definition) is 8. The van der Waals surface area contributed by atoms with E-state index in [0.717, 1.165) is 17.1 Å². The second kappa shape index (κ2) is 8.69. The zero-order chi connectivity index (χ0) is 19.3. The summed E-state index contributed by atoms with van der Waals surface area (Å²) in [6.07, 6.45) is 0. The molecular weight excluding hydrogens is 396 g/mol. The first-order valence-corrected chi connectivity index (χ1v) is 11.0. The molecule has 0 saturated carbocycles. The molecule has 0 unspecified atom stereocenters. The largest absolute Gasteiger partial charge is 0.496 e. The van der Waals surface area contributed by atoms with Crippen LogP contribution < -0.4 is 14.8 Å². The molecule has 2 aromatic rings. The van der Waals surface area contributed by atoms with Crippen LogP contribution in [0.15, 0.2) is 27.4 Å². The van der Waals surface area contributed by atoms with Crippen LogP contribution in [0.25, 0.3) is 0 Å². The number of nitrogens with zero attached hydrogens (tertiary/aromatic N) is 2. The highest BCUT2D eigenvalue weighted by molar-refractivity contribution is 8.01. The number of rotatable bonds is 8. The molecular formula is C15H20N4O4S3. The molecule has 11 heteroatoms. The molecule has 26 heavy (non-hydrogen) atoms. The Morgan fingerprint density at radius 2 is 2.08 bits per heavy atom. The first-order valence-electron chi connectivity index (χ1n) is 7.74. The number of amides is 1. The molecule has 0 spiro atoms. The summed E-state index contributed by atoms with van der Waals surface area (Å²) in [6.45, 7) is 5.60. The molecule has 2 N–H and O–H groups in total. The van der Waals surface area contributed by atoms with Crippen molar-refractivity contribution >= 4 is 44.2 Å². The number of anilines is 1. The summed E-state index contributed by atoms with van der Waals surface area (Å²) < 4.78 is 33.5. The third-order valence-corrected chi connectivity index (χ3v) is 6.36. The van der Waals surface area contributed by atoms with Crippen LogP contribution in [-0.4, -0.2) is 43.4 Å². The summed E-state index contributed by atoms with van der Waals surface area (Å²) in [5.41, 5.74) is 0.142. The molecule has 0 bridgehead atoms. The van der Waals surface area contributed by atoms with Gasteiger partial charge in [-0.3, -0.25) is 9.52 Å². The van der Waals surface area contributed by atoms with Crippen molar-refractivity contribution < 1.29 is 17.9 Å². The van der Waals surface area contributed by atoms with Gasteiger partial charge in [0, 0.05) is 6.04 Å². The maximum Gasteiger partial charge on any atom is 0.263 e. The van der Waals surface area contributed by atoms with E-state index in [2.05, 4.69) is 20.2 Å². The van der Waals surface area contributed by atoms with Gasteiger partial charge in [-0.2, -0.15) is 0 Å². The monoisotopic (exact) mass is 416 g/mol. The van der Waals surface area contributed by atoms with Crippen LogP contribution in [-0.2, 0) is 10.0 Å². The minimum absolute atomic E-state index is 0.0629. The maximum absolute atomic E-state index is 12.6. The maximum atomic E-state index is 12.6. The molecule has 8 nitrogen and oxygen atoms in total. The van der Waals surface area contributed by atoms with Crippen molar-refractivity contribution in [2.24, 2.45) is 0 Å². The Bertz CT molecular complexity index is 881. The first-order chi connectivity index (χ1) is 12.3. The fourth-order valence-electron chi connectivity index (χ4n) is 1.98. The average Bonchev–Trinajstić information content (AvgIpc) is 3.00. The molecule has 142 valence electrons. The topological polar surface area (TPSA) is 110 Å². The quantitative estimate of drug-likeness (QED) is 0.636. The van der Waals surface area contributed by atoms with E-state index < -0.39 is 15.9 Å². The smallest absolute Gasteiger partial charge is 0.263 e. The van der Waals surface area contributed by atoms with E-state index in [1.54, 1.807) is 0 Å². The molecule has 0 aliphatic carbocycles. The molecule has 2 rings (SSSR count). The first kappa shape index (κ1) is 20.5. The van der Waals surface area contributed by atoms with Crippen LogP contribution in [0.5, 0.6) is 5.75 Å². The second-order valence-electron chi connectivity index (χ2n) is 5.40. The van der Waals surface area contributed by atoms with E-state index in [1.165, 1.54) is 37.1 Å². The zero-order valence-corrected chi connectivity index (χ0v) is 17.2. The molecule has 0 radical (unpaired) electrons.